The van der Waals surface area contributed by atoms with Gasteiger partial charge in [0, 0.05) is 0 Å². The molecular weight excluding hydrogens is 320 g/mol. The maximum absolute atomic E-state index is 12.2. The molecule has 0 saturated heterocycles. The largest absolute Gasteiger partial charge is 0.480 e. The summed E-state index contributed by atoms with van der Waals surface area (Å²) in [6.07, 6.45) is 0. The number of Topliss-reactive ketones (excluding diaryl/α,β-unsaturated/α-hetero) is 2. The third-order valence-electron chi connectivity index (χ3n) is 5.62. The number of ketones is 2. The molecule has 0 bridgehead atoms. The summed E-state index contributed by atoms with van der Waals surface area (Å²) in [5.41, 5.74) is 3.78. The average Bonchev–Trinajstić information content (AvgIpc) is 3.17. The molecule has 2 rings (SSSR count). The van der Waals surface area contributed by atoms with Crippen LogP contribution in [-0.4, -0.2) is 57.0 Å². The van der Waals surface area contributed by atoms with Gasteiger partial charge in [0.15, 0.2) is 16.9 Å². The molecule has 0 aromatic rings. The van der Waals surface area contributed by atoms with Gasteiger partial charge < -0.3 is 26.4 Å². The summed E-state index contributed by atoms with van der Waals surface area (Å²) in [5.74, 6) is -5.59. The first-order chi connectivity index (χ1) is 10.8. The summed E-state index contributed by atoms with van der Waals surface area (Å²) in [5, 5.41) is 18.5. The van der Waals surface area contributed by atoms with E-state index < -0.39 is 64.0 Å². The Morgan fingerprint density at radius 2 is 1.42 bits per heavy atom. The molecular formula is C15H22N2O7. The molecule has 6 N–H and O–H groups in total. The minimum Gasteiger partial charge on any atom is -0.480 e. The van der Waals surface area contributed by atoms with Gasteiger partial charge >= 0.3 is 11.9 Å². The first-order valence-electron chi connectivity index (χ1n) is 7.57. The highest BCUT2D eigenvalue weighted by Crippen LogP contribution is 2.58. The number of carbonyl (C=O) groups excluding carboxylic acids is 2. The Hall–Kier alpha value is -1.84. The van der Waals surface area contributed by atoms with E-state index >= 15 is 0 Å². The van der Waals surface area contributed by atoms with Crippen molar-refractivity contribution < 1.29 is 34.1 Å². The van der Waals surface area contributed by atoms with Crippen LogP contribution < -0.4 is 11.5 Å². The Bertz CT molecular complexity index is 604. The van der Waals surface area contributed by atoms with Crippen molar-refractivity contribution >= 4 is 23.5 Å². The van der Waals surface area contributed by atoms with Gasteiger partial charge in [0.25, 0.3) is 0 Å². The van der Waals surface area contributed by atoms with Gasteiger partial charge in [-0.05, 0) is 11.8 Å². The van der Waals surface area contributed by atoms with Crippen molar-refractivity contribution in [2.45, 2.75) is 44.4 Å². The van der Waals surface area contributed by atoms with Crippen LogP contribution in [0.25, 0.3) is 0 Å². The lowest BCUT2D eigenvalue weighted by Gasteiger charge is -2.27. The fourth-order valence-corrected chi connectivity index (χ4v) is 3.76. The van der Waals surface area contributed by atoms with E-state index in [9.17, 15) is 29.4 Å². The van der Waals surface area contributed by atoms with Crippen LogP contribution in [0.4, 0.5) is 0 Å². The number of carbonyl (C=O) groups is 4. The zero-order valence-electron chi connectivity index (χ0n) is 14.0. The number of carboxylic acid groups (broad SMARTS) is 2. The maximum atomic E-state index is 12.2. The topological polar surface area (TPSA) is 170 Å². The van der Waals surface area contributed by atoms with Gasteiger partial charge in [0.1, 0.15) is 0 Å². The number of carboxylic acids is 2. The number of hydrogen-bond acceptors (Lipinski definition) is 7. The van der Waals surface area contributed by atoms with Gasteiger partial charge in [0.05, 0.1) is 12.0 Å². The summed E-state index contributed by atoms with van der Waals surface area (Å²) >= 11 is 0. The monoisotopic (exact) mass is 342 g/mol. The smallest absolute Gasteiger partial charge is 0.335 e. The van der Waals surface area contributed by atoms with E-state index in [0.717, 1.165) is 0 Å². The molecule has 9 nitrogen and oxygen atoms in total. The van der Waals surface area contributed by atoms with Crippen molar-refractivity contribution in [1.82, 2.24) is 0 Å². The number of rotatable bonds is 7. The van der Waals surface area contributed by atoms with Crippen molar-refractivity contribution in [2.24, 2.45) is 28.7 Å². The van der Waals surface area contributed by atoms with Gasteiger partial charge in [-0.1, -0.05) is 27.7 Å². The summed E-state index contributed by atoms with van der Waals surface area (Å²) < 4.78 is 5.58. The van der Waals surface area contributed by atoms with Crippen molar-refractivity contribution in [1.29, 1.82) is 0 Å². The lowest BCUT2D eigenvalue weighted by molar-refractivity contribution is -0.147. The molecule has 134 valence electrons. The van der Waals surface area contributed by atoms with Crippen molar-refractivity contribution in [2.75, 3.05) is 6.61 Å². The molecule has 0 aliphatic heterocycles. The predicted octanol–water partition coefficient (Wildman–Crippen LogP) is -1.23. The molecule has 0 radical (unpaired) electrons. The normalized spacial score (nSPS) is 41.0. The van der Waals surface area contributed by atoms with Gasteiger partial charge in [-0.15, -0.1) is 0 Å². The summed E-state index contributed by atoms with van der Waals surface area (Å²) in [4.78, 5) is 47.2. The second-order valence-electron chi connectivity index (χ2n) is 7.19. The van der Waals surface area contributed by atoms with Crippen LogP contribution in [0, 0.1) is 17.3 Å². The van der Waals surface area contributed by atoms with E-state index in [1.165, 1.54) is 0 Å². The minimum absolute atomic E-state index is 0.484. The predicted molar refractivity (Wildman–Crippen MR) is 79.9 cm³/mol. The molecule has 0 heterocycles. The molecule has 0 aromatic heterocycles. The zero-order valence-corrected chi connectivity index (χ0v) is 14.0. The number of nitrogens with two attached hydrogens (primary N) is 2. The quantitative estimate of drug-likeness (QED) is 0.413. The standard InChI is InChI=1S/C15H22N2O7/c1-6(2)12(8(18)13(12,16)10(20)21)5-24-15(7(3)4)9(19)14(15,17)11(22)23/h6-7H,5,16-17H2,1-4H3,(H,20,21)(H,22,23). The third kappa shape index (κ3) is 1.64. The molecule has 9 heteroatoms. The number of aliphatic carboxylic acids is 2. The van der Waals surface area contributed by atoms with Crippen molar-refractivity contribution in [3.63, 3.8) is 0 Å². The highest BCUT2D eigenvalue weighted by molar-refractivity contribution is 6.30. The Morgan fingerprint density at radius 3 is 1.67 bits per heavy atom. The Labute approximate surface area is 138 Å². The van der Waals surface area contributed by atoms with E-state index in [1.807, 2.05) is 0 Å². The van der Waals surface area contributed by atoms with Gasteiger partial charge in [-0.3, -0.25) is 9.59 Å². The van der Waals surface area contributed by atoms with E-state index in [2.05, 4.69) is 0 Å². The number of ether oxygens (including phenoxy) is 1. The second-order valence-corrected chi connectivity index (χ2v) is 7.19. The van der Waals surface area contributed by atoms with Crippen LogP contribution >= 0.6 is 0 Å². The van der Waals surface area contributed by atoms with Crippen LogP contribution in [0.1, 0.15) is 27.7 Å². The van der Waals surface area contributed by atoms with Crippen LogP contribution in [0.3, 0.4) is 0 Å². The summed E-state index contributed by atoms with van der Waals surface area (Å²) in [7, 11) is 0. The molecule has 0 spiro atoms. The molecule has 0 aromatic carbocycles. The molecule has 4 atom stereocenters. The zero-order chi connectivity index (χ0) is 18.9. The fourth-order valence-electron chi connectivity index (χ4n) is 3.76. The first kappa shape index (κ1) is 18.5. The molecule has 2 aliphatic carbocycles. The van der Waals surface area contributed by atoms with Crippen molar-refractivity contribution in [3.05, 3.63) is 0 Å². The molecule has 2 fully saturated rings. The summed E-state index contributed by atoms with van der Waals surface area (Å²) in [6.45, 7) is 5.88. The molecule has 2 aliphatic rings. The highest BCUT2D eigenvalue weighted by atomic mass is 16.5. The van der Waals surface area contributed by atoms with E-state index in [-0.39, 0.29) is 0 Å². The van der Waals surface area contributed by atoms with Crippen LogP contribution in [0.2, 0.25) is 0 Å². The van der Waals surface area contributed by atoms with E-state index in [1.54, 1.807) is 27.7 Å². The fraction of sp³-hybridized carbons (Fsp3) is 0.733. The van der Waals surface area contributed by atoms with Gasteiger partial charge in [0.2, 0.25) is 11.3 Å². The third-order valence-corrected chi connectivity index (χ3v) is 5.62. The maximum Gasteiger partial charge on any atom is 0.335 e. The molecule has 0 amide bonds. The minimum atomic E-state index is -2.21. The lowest BCUT2D eigenvalue weighted by Crippen LogP contribution is -2.49. The average molecular weight is 342 g/mol. The lowest BCUT2D eigenvalue weighted by atomic mass is 9.87. The molecule has 4 unspecified atom stereocenters. The second kappa shape index (κ2) is 4.84. The van der Waals surface area contributed by atoms with Crippen LogP contribution in [0.15, 0.2) is 0 Å². The highest BCUT2D eigenvalue weighted by Gasteiger charge is 2.86. The molecule has 2 saturated carbocycles. The van der Waals surface area contributed by atoms with Gasteiger partial charge in [-0.25, -0.2) is 9.59 Å². The first-order valence-corrected chi connectivity index (χ1v) is 7.57. The molecule has 24 heavy (non-hydrogen) atoms. The van der Waals surface area contributed by atoms with Crippen molar-refractivity contribution in [3.8, 4) is 0 Å². The van der Waals surface area contributed by atoms with E-state index in [0.29, 0.717) is 0 Å². The SMILES string of the molecule is CC(C)C1(COC2(C(C)C)C(=O)C2(N)C(=O)O)C(=O)C1(N)C(=O)O. The van der Waals surface area contributed by atoms with E-state index in [4.69, 9.17) is 16.2 Å². The Morgan fingerprint density at radius 1 is 0.958 bits per heavy atom. The van der Waals surface area contributed by atoms with Crippen LogP contribution in [-0.2, 0) is 23.9 Å². The van der Waals surface area contributed by atoms with Crippen LogP contribution in [0.5, 0.6) is 0 Å². The Kier molecular flexibility index (Phi) is 3.73. The number of hydrogen-bond donors (Lipinski definition) is 4. The Balaban J connectivity index is 2.35. The van der Waals surface area contributed by atoms with Gasteiger partial charge in [-0.2, -0.15) is 0 Å². The summed E-state index contributed by atoms with van der Waals surface area (Å²) in [6, 6.07) is 0.